The highest BCUT2D eigenvalue weighted by Crippen LogP contribution is 2.33. The number of amides is 2. The van der Waals surface area contributed by atoms with Crippen LogP contribution in [0.4, 0.5) is 13.2 Å². The van der Waals surface area contributed by atoms with Crippen molar-refractivity contribution in [1.82, 2.24) is 25.6 Å². The average molecular weight is 413 g/mol. The molecular formula is C17H18F3N5O2S. The third kappa shape index (κ3) is 6.41. The minimum atomic E-state index is -4.52. The van der Waals surface area contributed by atoms with Crippen LogP contribution < -0.4 is 10.9 Å². The summed E-state index contributed by atoms with van der Waals surface area (Å²) in [7, 11) is 0. The first-order valence-corrected chi connectivity index (χ1v) is 8.59. The second kappa shape index (κ2) is 8.91. The number of rotatable bonds is 5. The van der Waals surface area contributed by atoms with Crippen molar-refractivity contribution < 1.29 is 22.8 Å². The number of thiol groups is 1. The molecule has 0 atom stereocenters. The van der Waals surface area contributed by atoms with Crippen molar-refractivity contribution in [1.29, 1.82) is 0 Å². The standard InChI is InChI=1S/C17H18F3N5O2S/c1-10(2)5-15(27)23-22-14(26)3-4-25-9-21-16(24-25)11-6-12(17(18,19)20)8-13(28)7-11/h3-4,6-10,28H,5H2,1-2H3,(H,22,26)(H,23,27)/b4-3-. The van der Waals surface area contributed by atoms with E-state index in [2.05, 4.69) is 33.6 Å². The van der Waals surface area contributed by atoms with Crippen molar-refractivity contribution in [2.75, 3.05) is 0 Å². The second-order valence-electron chi connectivity index (χ2n) is 6.27. The number of halogens is 3. The lowest BCUT2D eigenvalue weighted by molar-refractivity contribution is -0.137. The van der Waals surface area contributed by atoms with Crippen LogP contribution in [0.2, 0.25) is 0 Å². The molecule has 1 aromatic carbocycles. The summed E-state index contributed by atoms with van der Waals surface area (Å²) in [6.45, 7) is 3.73. The number of benzene rings is 1. The van der Waals surface area contributed by atoms with E-state index in [0.29, 0.717) is 0 Å². The van der Waals surface area contributed by atoms with E-state index in [0.717, 1.165) is 22.9 Å². The number of carbonyl (C=O) groups excluding carboxylic acids is 2. The van der Waals surface area contributed by atoms with Gasteiger partial charge in [0.05, 0.1) is 5.56 Å². The lowest BCUT2D eigenvalue weighted by Gasteiger charge is -2.08. The lowest BCUT2D eigenvalue weighted by Crippen LogP contribution is -2.41. The summed E-state index contributed by atoms with van der Waals surface area (Å²) in [5.74, 6) is -0.746. The fourth-order valence-electron chi connectivity index (χ4n) is 2.12. The monoisotopic (exact) mass is 413 g/mol. The Morgan fingerprint density at radius 3 is 2.61 bits per heavy atom. The molecule has 28 heavy (non-hydrogen) atoms. The van der Waals surface area contributed by atoms with Gasteiger partial charge >= 0.3 is 6.18 Å². The number of carbonyl (C=O) groups is 2. The van der Waals surface area contributed by atoms with Crippen LogP contribution in [0.25, 0.3) is 17.6 Å². The number of hydrogen-bond acceptors (Lipinski definition) is 5. The molecule has 2 N–H and O–H groups in total. The summed E-state index contributed by atoms with van der Waals surface area (Å²) in [6.07, 6.45) is -0.691. The molecule has 2 rings (SSSR count). The average Bonchev–Trinajstić information content (AvgIpc) is 3.05. The van der Waals surface area contributed by atoms with Gasteiger partial charge in [-0.05, 0) is 24.1 Å². The molecule has 11 heteroatoms. The van der Waals surface area contributed by atoms with Crippen LogP contribution in [0.5, 0.6) is 0 Å². The van der Waals surface area contributed by atoms with Crippen molar-refractivity contribution in [3.8, 4) is 11.4 Å². The summed E-state index contributed by atoms with van der Waals surface area (Å²) in [5, 5.41) is 4.00. The fraction of sp³-hybridized carbons (Fsp3) is 0.294. The van der Waals surface area contributed by atoms with E-state index in [1.807, 2.05) is 13.8 Å². The van der Waals surface area contributed by atoms with E-state index < -0.39 is 17.6 Å². The minimum absolute atomic E-state index is 0.0386. The van der Waals surface area contributed by atoms with Gasteiger partial charge in [-0.1, -0.05) is 13.8 Å². The van der Waals surface area contributed by atoms with Crippen LogP contribution in [-0.2, 0) is 15.8 Å². The minimum Gasteiger partial charge on any atom is -0.273 e. The van der Waals surface area contributed by atoms with E-state index in [1.54, 1.807) is 0 Å². The summed E-state index contributed by atoms with van der Waals surface area (Å²) in [4.78, 5) is 27.2. The third-order valence-electron chi connectivity index (χ3n) is 3.31. The maximum atomic E-state index is 12.9. The highest BCUT2D eigenvalue weighted by molar-refractivity contribution is 7.80. The molecule has 0 unspecified atom stereocenters. The molecule has 0 saturated carbocycles. The quantitative estimate of drug-likeness (QED) is 0.400. The largest absolute Gasteiger partial charge is 0.416 e. The highest BCUT2D eigenvalue weighted by atomic mass is 32.1. The van der Waals surface area contributed by atoms with Gasteiger partial charge in [0.15, 0.2) is 5.82 Å². The SMILES string of the molecule is CC(C)CC(=O)NNC(=O)/C=C\n1cnc(-c2cc(S)cc(C(F)(F)F)c2)n1. The zero-order valence-electron chi connectivity index (χ0n) is 15.0. The van der Waals surface area contributed by atoms with E-state index in [9.17, 15) is 22.8 Å². The Hall–Kier alpha value is -2.82. The zero-order valence-corrected chi connectivity index (χ0v) is 15.9. The smallest absolute Gasteiger partial charge is 0.273 e. The molecule has 7 nitrogen and oxygen atoms in total. The number of hydrogen-bond donors (Lipinski definition) is 3. The van der Waals surface area contributed by atoms with Crippen molar-refractivity contribution in [2.24, 2.45) is 5.92 Å². The Morgan fingerprint density at radius 1 is 1.25 bits per heavy atom. The zero-order chi connectivity index (χ0) is 20.9. The molecule has 0 saturated heterocycles. The van der Waals surface area contributed by atoms with Gasteiger partial charge in [-0.3, -0.25) is 20.4 Å². The Morgan fingerprint density at radius 2 is 1.96 bits per heavy atom. The molecule has 0 spiro atoms. The normalized spacial score (nSPS) is 11.8. The number of hydrazine groups is 1. The molecule has 0 aliphatic carbocycles. The summed E-state index contributed by atoms with van der Waals surface area (Å²) < 4.78 is 39.9. The maximum absolute atomic E-state index is 12.9. The molecule has 0 bridgehead atoms. The molecule has 0 aliphatic rings. The summed E-state index contributed by atoms with van der Waals surface area (Å²) in [6, 6.07) is 3.22. The summed E-state index contributed by atoms with van der Waals surface area (Å²) in [5.41, 5.74) is 3.74. The van der Waals surface area contributed by atoms with Crippen LogP contribution in [0.3, 0.4) is 0 Å². The molecule has 0 aliphatic heterocycles. The number of nitrogens with zero attached hydrogens (tertiary/aromatic N) is 3. The van der Waals surface area contributed by atoms with Gasteiger partial charge < -0.3 is 0 Å². The topological polar surface area (TPSA) is 88.9 Å². The van der Waals surface area contributed by atoms with Gasteiger partial charge in [0, 0.05) is 29.2 Å². The van der Waals surface area contributed by atoms with Crippen LogP contribution in [0.15, 0.2) is 35.5 Å². The third-order valence-corrected chi connectivity index (χ3v) is 3.57. The molecule has 2 aromatic rings. The van der Waals surface area contributed by atoms with Gasteiger partial charge in [-0.25, -0.2) is 9.67 Å². The van der Waals surface area contributed by atoms with E-state index in [1.165, 1.54) is 18.6 Å². The van der Waals surface area contributed by atoms with Gasteiger partial charge in [-0.15, -0.1) is 17.7 Å². The molecule has 1 heterocycles. The van der Waals surface area contributed by atoms with Crippen molar-refractivity contribution in [3.05, 3.63) is 36.2 Å². The van der Waals surface area contributed by atoms with E-state index >= 15 is 0 Å². The molecular weight excluding hydrogens is 395 g/mol. The van der Waals surface area contributed by atoms with Crippen LogP contribution in [0.1, 0.15) is 25.8 Å². The molecule has 2 amide bonds. The van der Waals surface area contributed by atoms with Crippen molar-refractivity contribution in [2.45, 2.75) is 31.3 Å². The fourth-order valence-corrected chi connectivity index (χ4v) is 2.40. The highest BCUT2D eigenvalue weighted by Gasteiger charge is 2.31. The Kier molecular flexibility index (Phi) is 6.84. The summed E-state index contributed by atoms with van der Waals surface area (Å²) >= 11 is 3.98. The first kappa shape index (κ1) is 21.5. The number of alkyl halides is 3. The lowest BCUT2D eigenvalue weighted by atomic mass is 10.1. The van der Waals surface area contributed by atoms with Crippen LogP contribution in [-0.4, -0.2) is 26.6 Å². The first-order valence-electron chi connectivity index (χ1n) is 8.14. The number of aromatic nitrogens is 3. The number of nitrogens with one attached hydrogen (secondary N) is 2. The van der Waals surface area contributed by atoms with Gasteiger partial charge in [-0.2, -0.15) is 13.2 Å². The molecule has 1 aromatic heterocycles. The first-order chi connectivity index (χ1) is 13.0. The van der Waals surface area contributed by atoms with Crippen LogP contribution in [0, 0.1) is 5.92 Å². The Labute approximate surface area is 164 Å². The molecule has 0 fully saturated rings. The van der Waals surface area contributed by atoms with Gasteiger partial charge in [0.1, 0.15) is 6.33 Å². The second-order valence-corrected chi connectivity index (χ2v) is 6.78. The van der Waals surface area contributed by atoms with E-state index in [4.69, 9.17) is 0 Å². The van der Waals surface area contributed by atoms with Gasteiger partial charge in [0.2, 0.25) is 5.91 Å². The maximum Gasteiger partial charge on any atom is 0.416 e. The van der Waals surface area contributed by atoms with Gasteiger partial charge in [0.25, 0.3) is 5.91 Å². The molecule has 150 valence electrons. The van der Waals surface area contributed by atoms with Crippen molar-refractivity contribution in [3.63, 3.8) is 0 Å². The Balaban J connectivity index is 2.04. The Bertz CT molecular complexity index is 893. The predicted molar refractivity (Wildman–Crippen MR) is 98.8 cm³/mol. The predicted octanol–water partition coefficient (Wildman–Crippen LogP) is 2.92. The molecule has 0 radical (unpaired) electrons. The van der Waals surface area contributed by atoms with Crippen molar-refractivity contribution >= 4 is 30.6 Å². The van der Waals surface area contributed by atoms with E-state index in [-0.39, 0.29) is 34.5 Å². The van der Waals surface area contributed by atoms with Crippen LogP contribution >= 0.6 is 12.6 Å².